The lowest BCUT2D eigenvalue weighted by Gasteiger charge is -2.40. The Morgan fingerprint density at radius 3 is 2.21 bits per heavy atom. The Balaban J connectivity index is 1.41. The van der Waals surface area contributed by atoms with Crippen LogP contribution in [0.2, 0.25) is 0 Å². The highest BCUT2D eigenvalue weighted by atomic mass is 16.5. The van der Waals surface area contributed by atoms with E-state index in [2.05, 4.69) is 10.6 Å². The Morgan fingerprint density at radius 1 is 0.894 bits per heavy atom. The molecule has 2 heterocycles. The van der Waals surface area contributed by atoms with E-state index in [1.807, 2.05) is 60.7 Å². The summed E-state index contributed by atoms with van der Waals surface area (Å²) in [6, 6.07) is 16.1. The second kappa shape index (κ2) is 17.5. The van der Waals surface area contributed by atoms with Crippen molar-refractivity contribution in [2.75, 3.05) is 32.8 Å². The molecule has 0 bridgehead atoms. The number of fused-ring (bicyclic) bond motifs is 1. The number of alkyl carbamates (subject to hydrolysis) is 1. The molecule has 254 valence electrons. The van der Waals surface area contributed by atoms with E-state index < -0.39 is 42.2 Å². The number of esters is 2. The fourth-order valence-electron chi connectivity index (χ4n) is 6.29. The fraction of sp³-hybridized carbons (Fsp3) is 0.514. The zero-order valence-corrected chi connectivity index (χ0v) is 27.4. The first-order chi connectivity index (χ1) is 22.7. The highest BCUT2D eigenvalue weighted by Crippen LogP contribution is 2.37. The van der Waals surface area contributed by atoms with Crippen LogP contribution in [-0.2, 0) is 46.4 Å². The zero-order valence-electron chi connectivity index (χ0n) is 27.4. The molecule has 4 rings (SSSR count). The third-order valence-corrected chi connectivity index (χ3v) is 8.66. The summed E-state index contributed by atoms with van der Waals surface area (Å²) in [4.78, 5) is 68.7. The molecule has 0 spiro atoms. The second-order valence-corrected chi connectivity index (χ2v) is 11.8. The molecule has 2 N–H and O–H groups in total. The average molecular weight is 651 g/mol. The monoisotopic (exact) mass is 650 g/mol. The van der Waals surface area contributed by atoms with E-state index in [4.69, 9.17) is 14.2 Å². The lowest BCUT2D eigenvalue weighted by molar-refractivity contribution is -0.156. The molecular formula is C35H46N4O8. The van der Waals surface area contributed by atoms with Gasteiger partial charge in [-0.1, -0.05) is 60.7 Å². The minimum absolute atomic E-state index is 0.0210. The molecule has 0 aliphatic carbocycles. The smallest absolute Gasteiger partial charge is 0.407 e. The molecule has 12 nitrogen and oxygen atoms in total. The number of nitrogens with zero attached hydrogens (tertiary/aromatic N) is 2. The van der Waals surface area contributed by atoms with E-state index in [-0.39, 0.29) is 50.6 Å². The molecule has 0 saturated carbocycles. The van der Waals surface area contributed by atoms with Crippen LogP contribution in [0, 0.1) is 5.92 Å². The number of nitrogens with one attached hydrogen (secondary N) is 2. The summed E-state index contributed by atoms with van der Waals surface area (Å²) in [6.07, 6.45) is 1.31. The van der Waals surface area contributed by atoms with Gasteiger partial charge in [0.15, 0.2) is 0 Å². The number of hydrogen-bond acceptors (Lipinski definition) is 9. The van der Waals surface area contributed by atoms with Crippen molar-refractivity contribution in [2.24, 2.45) is 5.92 Å². The number of ether oxygens (including phenoxy) is 3. The standard InChI is InChI=1S/C35H46N4O8/c1-4-45-33(42)28(17-16-25-12-8-6-9-13-25)37-24(3)32(41)39-29(34(43)46-5-2)20-27-18-19-38(22-30(27)39)31(40)21-36-35(44)47-23-26-14-10-7-11-15-26/h6-15,24,27-30,37H,4-5,16-23H2,1-3H3,(H,36,44)/t24-,27-,28+,29+,30-/m1/s1. The average Bonchev–Trinajstić information content (AvgIpc) is 3.47. The summed E-state index contributed by atoms with van der Waals surface area (Å²) >= 11 is 0. The summed E-state index contributed by atoms with van der Waals surface area (Å²) in [5.74, 6) is -1.64. The molecule has 2 aromatic carbocycles. The largest absolute Gasteiger partial charge is 0.465 e. The summed E-state index contributed by atoms with van der Waals surface area (Å²) in [6.45, 7) is 5.93. The predicted molar refractivity (Wildman–Crippen MR) is 173 cm³/mol. The Morgan fingerprint density at radius 2 is 1.55 bits per heavy atom. The van der Waals surface area contributed by atoms with Gasteiger partial charge in [-0.15, -0.1) is 0 Å². The van der Waals surface area contributed by atoms with Gasteiger partial charge in [-0.3, -0.25) is 19.7 Å². The Labute approximate surface area is 276 Å². The van der Waals surface area contributed by atoms with Crippen molar-refractivity contribution in [2.45, 2.75) is 77.2 Å². The van der Waals surface area contributed by atoms with Crippen LogP contribution < -0.4 is 10.6 Å². The fourth-order valence-corrected chi connectivity index (χ4v) is 6.29. The summed E-state index contributed by atoms with van der Waals surface area (Å²) in [5, 5.41) is 5.68. The first-order valence-corrected chi connectivity index (χ1v) is 16.4. The number of hydrogen-bond donors (Lipinski definition) is 2. The van der Waals surface area contributed by atoms with Crippen LogP contribution >= 0.6 is 0 Å². The molecule has 47 heavy (non-hydrogen) atoms. The van der Waals surface area contributed by atoms with E-state index in [9.17, 15) is 24.0 Å². The van der Waals surface area contributed by atoms with E-state index in [0.29, 0.717) is 32.2 Å². The molecule has 0 radical (unpaired) electrons. The zero-order chi connectivity index (χ0) is 33.8. The van der Waals surface area contributed by atoms with Crippen LogP contribution in [-0.4, -0.2) is 96.7 Å². The van der Waals surface area contributed by atoms with Crippen LogP contribution in [0.25, 0.3) is 0 Å². The van der Waals surface area contributed by atoms with Gasteiger partial charge in [0, 0.05) is 13.1 Å². The van der Waals surface area contributed by atoms with Crippen LogP contribution in [0.3, 0.4) is 0 Å². The van der Waals surface area contributed by atoms with Crippen molar-refractivity contribution < 1.29 is 38.2 Å². The predicted octanol–water partition coefficient (Wildman–Crippen LogP) is 2.84. The van der Waals surface area contributed by atoms with Gasteiger partial charge in [0.1, 0.15) is 25.2 Å². The topological polar surface area (TPSA) is 144 Å². The molecule has 3 amide bonds. The lowest BCUT2D eigenvalue weighted by Crippen LogP contribution is -2.59. The Hall–Kier alpha value is -4.45. The van der Waals surface area contributed by atoms with E-state index in [0.717, 1.165) is 11.1 Å². The van der Waals surface area contributed by atoms with Gasteiger partial charge in [0.25, 0.3) is 0 Å². The maximum atomic E-state index is 14.1. The minimum atomic E-state index is -0.831. The molecule has 2 saturated heterocycles. The maximum absolute atomic E-state index is 14.1. The van der Waals surface area contributed by atoms with Gasteiger partial charge in [0.2, 0.25) is 11.8 Å². The first kappa shape index (κ1) is 35.4. The van der Waals surface area contributed by atoms with Crippen molar-refractivity contribution in [3.05, 3.63) is 71.8 Å². The molecule has 2 aromatic rings. The molecule has 2 aliphatic heterocycles. The quantitative estimate of drug-likeness (QED) is 0.233. The third-order valence-electron chi connectivity index (χ3n) is 8.66. The number of aryl methyl sites for hydroxylation is 1. The minimum Gasteiger partial charge on any atom is -0.465 e. The number of likely N-dealkylation sites (tertiary alicyclic amines) is 2. The van der Waals surface area contributed by atoms with Gasteiger partial charge in [-0.25, -0.2) is 9.59 Å². The van der Waals surface area contributed by atoms with Crippen molar-refractivity contribution in [1.82, 2.24) is 20.4 Å². The Kier molecular flexibility index (Phi) is 13.2. The molecule has 0 unspecified atom stereocenters. The van der Waals surface area contributed by atoms with Gasteiger partial charge in [-0.2, -0.15) is 0 Å². The number of carbonyl (C=O) groups is 5. The van der Waals surface area contributed by atoms with Crippen LogP contribution in [0.15, 0.2) is 60.7 Å². The molecule has 0 aromatic heterocycles. The number of piperidine rings is 1. The highest BCUT2D eigenvalue weighted by molar-refractivity contribution is 5.89. The third kappa shape index (κ3) is 9.77. The summed E-state index contributed by atoms with van der Waals surface area (Å²) in [5.41, 5.74) is 1.88. The van der Waals surface area contributed by atoms with Gasteiger partial charge >= 0.3 is 18.0 Å². The molecular weight excluding hydrogens is 604 g/mol. The molecule has 5 atom stereocenters. The summed E-state index contributed by atoms with van der Waals surface area (Å²) < 4.78 is 15.9. The van der Waals surface area contributed by atoms with Crippen molar-refractivity contribution in [3.63, 3.8) is 0 Å². The number of carbonyl (C=O) groups excluding carboxylic acids is 5. The van der Waals surface area contributed by atoms with E-state index >= 15 is 0 Å². The molecule has 2 fully saturated rings. The van der Waals surface area contributed by atoms with Gasteiger partial charge in [-0.05, 0) is 63.5 Å². The Bertz CT molecular complexity index is 1360. The summed E-state index contributed by atoms with van der Waals surface area (Å²) in [7, 11) is 0. The SMILES string of the molecule is CCOC(=O)[C@H](CCc1ccccc1)N[C@H](C)C(=O)N1[C@@H]2CN(C(=O)CNC(=O)OCc3ccccc3)CC[C@@H]2C[C@H]1C(=O)OCC. The van der Waals surface area contributed by atoms with Crippen molar-refractivity contribution in [3.8, 4) is 0 Å². The van der Waals surface area contributed by atoms with Crippen LogP contribution in [0.1, 0.15) is 51.2 Å². The normalized spacial score (nSPS) is 20.0. The maximum Gasteiger partial charge on any atom is 0.407 e. The van der Waals surface area contributed by atoms with E-state index in [1.165, 1.54) is 0 Å². The second-order valence-electron chi connectivity index (χ2n) is 11.8. The number of benzene rings is 2. The van der Waals surface area contributed by atoms with Crippen molar-refractivity contribution >= 4 is 29.8 Å². The number of rotatable bonds is 14. The first-order valence-electron chi connectivity index (χ1n) is 16.4. The highest BCUT2D eigenvalue weighted by Gasteiger charge is 2.51. The van der Waals surface area contributed by atoms with E-state index in [1.54, 1.807) is 30.6 Å². The van der Waals surface area contributed by atoms with Crippen molar-refractivity contribution in [1.29, 1.82) is 0 Å². The lowest BCUT2D eigenvalue weighted by atomic mass is 9.91. The van der Waals surface area contributed by atoms with Crippen LogP contribution in [0.4, 0.5) is 4.79 Å². The van der Waals surface area contributed by atoms with Gasteiger partial charge in [0.05, 0.1) is 25.3 Å². The molecule has 12 heteroatoms. The van der Waals surface area contributed by atoms with Gasteiger partial charge < -0.3 is 29.3 Å². The number of amides is 3. The van der Waals surface area contributed by atoms with Crippen LogP contribution in [0.5, 0.6) is 0 Å². The molecule has 2 aliphatic rings.